The van der Waals surface area contributed by atoms with Gasteiger partial charge in [0.15, 0.2) is 5.96 Å². The average molecular weight is 385 g/mol. The molecule has 0 aliphatic carbocycles. The molecule has 0 saturated carbocycles. The van der Waals surface area contributed by atoms with Gasteiger partial charge < -0.3 is 15.5 Å². The number of guanidine groups is 1. The van der Waals surface area contributed by atoms with Gasteiger partial charge in [0.25, 0.3) is 0 Å². The molecule has 1 aliphatic rings. The molecule has 0 spiro atoms. The summed E-state index contributed by atoms with van der Waals surface area (Å²) in [4.78, 5) is 8.78. The third-order valence-corrected chi connectivity index (χ3v) is 5.89. The van der Waals surface area contributed by atoms with E-state index in [4.69, 9.17) is 4.99 Å². The summed E-state index contributed by atoms with van der Waals surface area (Å²) in [7, 11) is 0. The van der Waals surface area contributed by atoms with E-state index in [0.717, 1.165) is 51.4 Å². The summed E-state index contributed by atoms with van der Waals surface area (Å²) in [6.45, 7) is 8.35. The topological polar surface area (TPSA) is 39.7 Å². The van der Waals surface area contributed by atoms with Crippen LogP contribution in [0.15, 0.2) is 52.8 Å². The Bertz CT molecular complexity index is 676. The summed E-state index contributed by atoms with van der Waals surface area (Å²) in [5.41, 5.74) is 1.33. The molecule has 0 radical (unpaired) electrons. The molecule has 5 heteroatoms. The molecule has 1 aromatic heterocycles. The minimum absolute atomic E-state index is 0.496. The monoisotopic (exact) mass is 384 g/mol. The first-order valence-electron chi connectivity index (χ1n) is 10.1. The van der Waals surface area contributed by atoms with Gasteiger partial charge in [0.2, 0.25) is 0 Å². The number of para-hydroxylation sites is 1. The number of hydrogen-bond donors (Lipinski definition) is 2. The van der Waals surface area contributed by atoms with Crippen LogP contribution in [-0.2, 0) is 6.42 Å². The lowest BCUT2D eigenvalue weighted by Gasteiger charge is -2.34. The molecule has 1 saturated heterocycles. The van der Waals surface area contributed by atoms with E-state index in [1.165, 1.54) is 10.6 Å². The molecule has 1 aliphatic heterocycles. The van der Waals surface area contributed by atoms with Gasteiger partial charge in [-0.1, -0.05) is 31.2 Å². The lowest BCUT2D eigenvalue weighted by atomic mass is 10.0. The number of anilines is 1. The molecule has 2 N–H and O–H groups in total. The van der Waals surface area contributed by atoms with Crippen molar-refractivity contribution in [1.29, 1.82) is 0 Å². The number of hydrogen-bond acceptors (Lipinski definition) is 3. The van der Waals surface area contributed by atoms with Crippen LogP contribution in [-0.4, -0.2) is 38.2 Å². The van der Waals surface area contributed by atoms with Gasteiger partial charge in [0.05, 0.1) is 0 Å². The second-order valence-corrected chi connectivity index (χ2v) is 8.38. The molecule has 146 valence electrons. The van der Waals surface area contributed by atoms with Crippen LogP contribution in [0, 0.1) is 5.92 Å². The Balaban J connectivity index is 1.47. The van der Waals surface area contributed by atoms with Crippen LogP contribution in [0.1, 0.15) is 31.6 Å². The Labute approximate surface area is 167 Å². The van der Waals surface area contributed by atoms with Crippen LogP contribution < -0.4 is 15.5 Å². The molecular weight excluding hydrogens is 352 g/mol. The van der Waals surface area contributed by atoms with Crippen molar-refractivity contribution < 1.29 is 0 Å². The van der Waals surface area contributed by atoms with Gasteiger partial charge in [-0.25, -0.2) is 0 Å². The van der Waals surface area contributed by atoms with Gasteiger partial charge >= 0.3 is 0 Å². The van der Waals surface area contributed by atoms with Gasteiger partial charge in [0, 0.05) is 42.8 Å². The summed E-state index contributed by atoms with van der Waals surface area (Å²) in [6, 6.07) is 15.6. The maximum absolute atomic E-state index is 4.85. The number of piperidine rings is 1. The van der Waals surface area contributed by atoms with Crippen molar-refractivity contribution in [3.05, 3.63) is 52.7 Å². The lowest BCUT2D eigenvalue weighted by molar-refractivity contribution is 0.460. The molecule has 1 aromatic carbocycles. The number of aliphatic imine (C=N–C) groups is 1. The van der Waals surface area contributed by atoms with Gasteiger partial charge in [-0.2, -0.15) is 0 Å². The van der Waals surface area contributed by atoms with Crippen LogP contribution in [0.2, 0.25) is 0 Å². The molecule has 1 fully saturated rings. The highest BCUT2D eigenvalue weighted by Gasteiger charge is 2.20. The predicted molar refractivity (Wildman–Crippen MR) is 118 cm³/mol. The van der Waals surface area contributed by atoms with Crippen molar-refractivity contribution >= 4 is 23.0 Å². The van der Waals surface area contributed by atoms with E-state index < -0.39 is 0 Å². The lowest BCUT2D eigenvalue weighted by Crippen LogP contribution is -2.48. The average Bonchev–Trinajstić information content (AvgIpc) is 3.20. The maximum Gasteiger partial charge on any atom is 0.191 e. The summed E-state index contributed by atoms with van der Waals surface area (Å²) < 4.78 is 0. The number of rotatable bonds is 7. The first-order chi connectivity index (χ1) is 13.2. The quantitative estimate of drug-likeness (QED) is 0.556. The molecule has 0 amide bonds. The van der Waals surface area contributed by atoms with Crippen LogP contribution in [0.5, 0.6) is 0 Å². The molecule has 4 nitrogen and oxygen atoms in total. The standard InChI is InChI=1S/C22H32N4S/c1-3-23-22(24-17-18(2)16-21-10-7-15-27-21)25-19-11-13-26(14-12-19)20-8-5-4-6-9-20/h4-10,15,18-19H,3,11-14,16-17H2,1-2H3,(H2,23,24,25). The first-order valence-corrected chi connectivity index (χ1v) is 11.0. The van der Waals surface area contributed by atoms with Crippen LogP contribution in [0.25, 0.3) is 0 Å². The highest BCUT2D eigenvalue weighted by molar-refractivity contribution is 7.09. The fourth-order valence-electron chi connectivity index (χ4n) is 3.52. The van der Waals surface area contributed by atoms with Crippen molar-refractivity contribution in [3.63, 3.8) is 0 Å². The summed E-state index contributed by atoms with van der Waals surface area (Å²) in [5.74, 6) is 1.52. The Morgan fingerprint density at radius 2 is 1.96 bits per heavy atom. The number of nitrogens with zero attached hydrogens (tertiary/aromatic N) is 2. The van der Waals surface area contributed by atoms with E-state index in [0.29, 0.717) is 12.0 Å². The molecule has 3 rings (SSSR count). The van der Waals surface area contributed by atoms with E-state index in [1.54, 1.807) is 0 Å². The van der Waals surface area contributed by atoms with Crippen LogP contribution >= 0.6 is 11.3 Å². The molecular formula is C22H32N4S. The maximum atomic E-state index is 4.85. The molecule has 1 unspecified atom stereocenters. The van der Waals surface area contributed by atoms with E-state index >= 15 is 0 Å². The fraction of sp³-hybridized carbons (Fsp3) is 0.500. The largest absolute Gasteiger partial charge is 0.371 e. The summed E-state index contributed by atoms with van der Waals surface area (Å²) in [6.07, 6.45) is 3.39. The number of thiophene rings is 1. The van der Waals surface area contributed by atoms with Crippen molar-refractivity contribution in [1.82, 2.24) is 10.6 Å². The minimum Gasteiger partial charge on any atom is -0.371 e. The molecule has 0 bridgehead atoms. The third kappa shape index (κ3) is 6.28. The smallest absolute Gasteiger partial charge is 0.191 e. The summed E-state index contributed by atoms with van der Waals surface area (Å²) >= 11 is 1.84. The minimum atomic E-state index is 0.496. The zero-order valence-electron chi connectivity index (χ0n) is 16.5. The van der Waals surface area contributed by atoms with E-state index in [-0.39, 0.29) is 0 Å². The van der Waals surface area contributed by atoms with Gasteiger partial charge in [-0.15, -0.1) is 11.3 Å². The number of nitrogens with one attached hydrogen (secondary N) is 2. The Kier molecular flexibility index (Phi) is 7.57. The predicted octanol–water partition coefficient (Wildman–Crippen LogP) is 4.15. The van der Waals surface area contributed by atoms with Crippen molar-refractivity contribution in [2.45, 2.75) is 39.2 Å². The molecule has 2 aromatic rings. The zero-order valence-corrected chi connectivity index (χ0v) is 17.3. The zero-order chi connectivity index (χ0) is 18.9. The van der Waals surface area contributed by atoms with Crippen molar-refractivity contribution in [2.24, 2.45) is 10.9 Å². The van der Waals surface area contributed by atoms with Crippen LogP contribution in [0.4, 0.5) is 5.69 Å². The van der Waals surface area contributed by atoms with Gasteiger partial charge in [-0.3, -0.25) is 4.99 Å². The SMILES string of the molecule is CCNC(=NCC(C)Cc1cccs1)NC1CCN(c2ccccc2)CC1. The Morgan fingerprint density at radius 3 is 2.63 bits per heavy atom. The number of benzene rings is 1. The fourth-order valence-corrected chi connectivity index (χ4v) is 4.39. The van der Waals surface area contributed by atoms with E-state index in [9.17, 15) is 0 Å². The second kappa shape index (κ2) is 10.4. The molecule has 2 heterocycles. The third-order valence-electron chi connectivity index (χ3n) is 4.99. The normalized spacial score (nSPS) is 17.0. The van der Waals surface area contributed by atoms with Crippen molar-refractivity contribution in [3.8, 4) is 0 Å². The first kappa shape index (κ1) is 19.7. The van der Waals surface area contributed by atoms with Crippen molar-refractivity contribution in [2.75, 3.05) is 31.1 Å². The Hall–Kier alpha value is -2.01. The van der Waals surface area contributed by atoms with Gasteiger partial charge in [-0.05, 0) is 55.7 Å². The van der Waals surface area contributed by atoms with Crippen LogP contribution in [0.3, 0.4) is 0 Å². The highest BCUT2D eigenvalue weighted by Crippen LogP contribution is 2.19. The second-order valence-electron chi connectivity index (χ2n) is 7.35. The Morgan fingerprint density at radius 1 is 1.19 bits per heavy atom. The molecule has 27 heavy (non-hydrogen) atoms. The van der Waals surface area contributed by atoms with Gasteiger partial charge in [0.1, 0.15) is 0 Å². The van der Waals surface area contributed by atoms with E-state index in [1.807, 2.05) is 11.3 Å². The van der Waals surface area contributed by atoms with E-state index in [2.05, 4.69) is 77.2 Å². The summed E-state index contributed by atoms with van der Waals surface area (Å²) in [5, 5.41) is 9.22. The highest BCUT2D eigenvalue weighted by atomic mass is 32.1. The molecule has 1 atom stereocenters.